The normalized spacial score (nSPS) is 10.6. The van der Waals surface area contributed by atoms with Gasteiger partial charge in [0.15, 0.2) is 0 Å². The maximum Gasteiger partial charge on any atom is 0.337 e. The van der Waals surface area contributed by atoms with Gasteiger partial charge in [-0.3, -0.25) is 4.98 Å². The van der Waals surface area contributed by atoms with Crippen LogP contribution in [0.25, 0.3) is 22.0 Å². The Bertz CT molecular complexity index is 810. The van der Waals surface area contributed by atoms with Gasteiger partial charge < -0.3 is 4.74 Å². The zero-order valence-electron chi connectivity index (χ0n) is 12.0. The second kappa shape index (κ2) is 5.37. The molecular weight excluding hydrogens is 262 g/mol. The third kappa shape index (κ3) is 2.38. The number of carbonyl (C=O) groups excluding carboxylic acids is 1. The third-order valence-corrected chi connectivity index (χ3v) is 3.56. The van der Waals surface area contributed by atoms with Crippen molar-refractivity contribution in [2.24, 2.45) is 0 Å². The van der Waals surface area contributed by atoms with Gasteiger partial charge in [0.05, 0.1) is 18.4 Å². The van der Waals surface area contributed by atoms with Crippen molar-refractivity contribution in [1.82, 2.24) is 4.98 Å². The molecule has 3 rings (SSSR count). The number of methoxy groups -OCH3 is 1. The van der Waals surface area contributed by atoms with Crippen molar-refractivity contribution in [2.75, 3.05) is 7.11 Å². The Morgan fingerprint density at radius 1 is 1.05 bits per heavy atom. The number of aromatic nitrogens is 1. The Labute approximate surface area is 123 Å². The molecule has 0 fully saturated rings. The highest BCUT2D eigenvalue weighted by molar-refractivity contribution is 6.01. The Kier molecular flexibility index (Phi) is 3.40. The first kappa shape index (κ1) is 13.3. The molecule has 0 aliphatic heterocycles. The topological polar surface area (TPSA) is 39.2 Å². The van der Waals surface area contributed by atoms with E-state index in [-0.39, 0.29) is 5.97 Å². The molecule has 21 heavy (non-hydrogen) atoms. The van der Waals surface area contributed by atoms with Crippen LogP contribution >= 0.6 is 0 Å². The van der Waals surface area contributed by atoms with Gasteiger partial charge in [-0.2, -0.15) is 0 Å². The van der Waals surface area contributed by atoms with E-state index in [1.807, 2.05) is 55.6 Å². The monoisotopic (exact) mass is 277 g/mol. The molecular formula is C18H15NO2. The molecule has 1 heterocycles. The van der Waals surface area contributed by atoms with Crippen molar-refractivity contribution in [1.29, 1.82) is 0 Å². The molecule has 3 nitrogen and oxygen atoms in total. The Hall–Kier alpha value is -2.68. The number of hydrogen-bond acceptors (Lipinski definition) is 3. The number of esters is 1. The number of hydrogen-bond donors (Lipinski definition) is 0. The lowest BCUT2D eigenvalue weighted by Gasteiger charge is -2.09. The molecule has 0 atom stereocenters. The molecule has 0 aliphatic carbocycles. The van der Waals surface area contributed by atoms with Crippen molar-refractivity contribution >= 4 is 16.7 Å². The maximum absolute atomic E-state index is 11.7. The van der Waals surface area contributed by atoms with Crippen LogP contribution in [0.5, 0.6) is 0 Å². The van der Waals surface area contributed by atoms with Crippen LogP contribution in [0.15, 0.2) is 54.7 Å². The van der Waals surface area contributed by atoms with Crippen LogP contribution in [0.1, 0.15) is 15.9 Å². The molecule has 0 unspecified atom stereocenters. The molecule has 0 radical (unpaired) electrons. The SMILES string of the molecule is COC(=O)c1ccc2c(-c3ccccc3)ncc(C)c2c1. The molecule has 0 saturated heterocycles. The van der Waals surface area contributed by atoms with Gasteiger partial charge in [0.2, 0.25) is 0 Å². The van der Waals surface area contributed by atoms with Crippen molar-refractivity contribution in [2.45, 2.75) is 6.92 Å². The number of benzene rings is 2. The first-order valence-electron chi connectivity index (χ1n) is 6.74. The fraction of sp³-hybridized carbons (Fsp3) is 0.111. The lowest BCUT2D eigenvalue weighted by molar-refractivity contribution is 0.0601. The maximum atomic E-state index is 11.7. The van der Waals surface area contributed by atoms with Gasteiger partial charge >= 0.3 is 5.97 Å². The number of nitrogens with zero attached hydrogens (tertiary/aromatic N) is 1. The molecule has 2 aromatic carbocycles. The van der Waals surface area contributed by atoms with Gasteiger partial charge in [-0.25, -0.2) is 4.79 Å². The molecule has 0 amide bonds. The number of pyridine rings is 1. The molecule has 104 valence electrons. The molecule has 0 aliphatic rings. The first-order valence-corrected chi connectivity index (χ1v) is 6.74. The van der Waals surface area contributed by atoms with Crippen LogP contribution in [0, 0.1) is 6.92 Å². The molecule has 3 heteroatoms. The van der Waals surface area contributed by atoms with Gasteiger partial charge in [-0.1, -0.05) is 36.4 Å². The van der Waals surface area contributed by atoms with E-state index >= 15 is 0 Å². The van der Waals surface area contributed by atoms with Crippen LogP contribution < -0.4 is 0 Å². The summed E-state index contributed by atoms with van der Waals surface area (Å²) in [6.07, 6.45) is 1.84. The third-order valence-electron chi connectivity index (χ3n) is 3.56. The van der Waals surface area contributed by atoms with Gasteiger partial charge in [-0.05, 0) is 30.0 Å². The van der Waals surface area contributed by atoms with Crippen molar-refractivity contribution < 1.29 is 9.53 Å². The van der Waals surface area contributed by atoms with Crippen molar-refractivity contribution in [3.05, 3.63) is 65.9 Å². The largest absolute Gasteiger partial charge is 0.465 e. The summed E-state index contributed by atoms with van der Waals surface area (Å²) in [6, 6.07) is 15.6. The van der Waals surface area contributed by atoms with Gasteiger partial charge in [-0.15, -0.1) is 0 Å². The summed E-state index contributed by atoms with van der Waals surface area (Å²) in [4.78, 5) is 16.2. The van der Waals surface area contributed by atoms with E-state index in [1.165, 1.54) is 7.11 Å². The van der Waals surface area contributed by atoms with E-state index < -0.39 is 0 Å². The lowest BCUT2D eigenvalue weighted by Crippen LogP contribution is -2.01. The Morgan fingerprint density at radius 2 is 1.81 bits per heavy atom. The van der Waals surface area contributed by atoms with Crippen molar-refractivity contribution in [3.8, 4) is 11.3 Å². The zero-order chi connectivity index (χ0) is 14.8. The minimum absolute atomic E-state index is 0.325. The zero-order valence-corrected chi connectivity index (χ0v) is 12.0. The van der Waals surface area contributed by atoms with Gasteiger partial charge in [0, 0.05) is 17.1 Å². The molecule has 0 N–H and O–H groups in total. The molecule has 1 aromatic heterocycles. The van der Waals surface area contributed by atoms with Crippen LogP contribution in [0.3, 0.4) is 0 Å². The summed E-state index contributed by atoms with van der Waals surface area (Å²) in [5, 5.41) is 2.06. The van der Waals surface area contributed by atoms with Gasteiger partial charge in [0.25, 0.3) is 0 Å². The first-order chi connectivity index (χ1) is 10.2. The summed E-state index contributed by atoms with van der Waals surface area (Å²) < 4.78 is 4.79. The molecule has 0 spiro atoms. The Balaban J connectivity index is 2.25. The highest BCUT2D eigenvalue weighted by Crippen LogP contribution is 2.29. The number of ether oxygens (including phenoxy) is 1. The van der Waals surface area contributed by atoms with E-state index in [0.29, 0.717) is 5.56 Å². The fourth-order valence-electron chi connectivity index (χ4n) is 2.45. The van der Waals surface area contributed by atoms with E-state index in [2.05, 4.69) is 4.98 Å². The van der Waals surface area contributed by atoms with Crippen LogP contribution in [0.4, 0.5) is 0 Å². The molecule has 0 saturated carbocycles. The van der Waals surface area contributed by atoms with Gasteiger partial charge in [0.1, 0.15) is 0 Å². The summed E-state index contributed by atoms with van der Waals surface area (Å²) in [5.41, 5.74) is 3.58. The van der Waals surface area contributed by atoms with Crippen molar-refractivity contribution in [3.63, 3.8) is 0 Å². The average Bonchev–Trinajstić information content (AvgIpc) is 2.55. The molecule has 3 aromatic rings. The summed E-state index contributed by atoms with van der Waals surface area (Å²) >= 11 is 0. The second-order valence-corrected chi connectivity index (χ2v) is 4.91. The second-order valence-electron chi connectivity index (χ2n) is 4.91. The van der Waals surface area contributed by atoms with E-state index in [0.717, 1.165) is 27.6 Å². The van der Waals surface area contributed by atoms with E-state index in [9.17, 15) is 4.79 Å². The highest BCUT2D eigenvalue weighted by atomic mass is 16.5. The summed E-state index contributed by atoms with van der Waals surface area (Å²) in [5.74, 6) is -0.325. The van der Waals surface area contributed by atoms with E-state index in [1.54, 1.807) is 6.07 Å². The minimum Gasteiger partial charge on any atom is -0.465 e. The summed E-state index contributed by atoms with van der Waals surface area (Å²) in [6.45, 7) is 1.99. The summed E-state index contributed by atoms with van der Waals surface area (Å²) in [7, 11) is 1.39. The quantitative estimate of drug-likeness (QED) is 0.665. The Morgan fingerprint density at radius 3 is 2.52 bits per heavy atom. The van der Waals surface area contributed by atoms with Crippen LogP contribution in [-0.4, -0.2) is 18.1 Å². The fourth-order valence-corrected chi connectivity index (χ4v) is 2.45. The molecule has 0 bridgehead atoms. The van der Waals surface area contributed by atoms with Crippen LogP contribution in [0.2, 0.25) is 0 Å². The smallest absolute Gasteiger partial charge is 0.337 e. The standard InChI is InChI=1S/C18H15NO2/c1-12-11-19-17(13-6-4-3-5-7-13)15-9-8-14(10-16(12)15)18(20)21-2/h3-11H,1-2H3. The highest BCUT2D eigenvalue weighted by Gasteiger charge is 2.11. The number of carbonyl (C=O) groups is 1. The van der Waals surface area contributed by atoms with E-state index in [4.69, 9.17) is 4.74 Å². The number of aryl methyl sites for hydroxylation is 1. The number of fused-ring (bicyclic) bond motifs is 1. The lowest BCUT2D eigenvalue weighted by atomic mass is 9.99. The van der Waals surface area contributed by atoms with Crippen LogP contribution in [-0.2, 0) is 4.74 Å². The predicted octanol–water partition coefficient (Wildman–Crippen LogP) is 4.00. The minimum atomic E-state index is -0.325. The number of rotatable bonds is 2. The predicted molar refractivity (Wildman–Crippen MR) is 83.3 cm³/mol. The average molecular weight is 277 g/mol.